The summed E-state index contributed by atoms with van der Waals surface area (Å²) in [5.74, 6) is -0.995. The Hall–Kier alpha value is -3.55. The standard InChI is InChI=1S/C22H22N4O4/c27-19(14-26-21(29)17-3-1-2-4-18(17)22(26)30)24-13-15-7-11-25(12-8-15)20(28)16-5-9-23-10-6-16/h1-6,9-10,15H,7-8,11-14H2,(H,24,27). The van der Waals surface area contributed by atoms with E-state index >= 15 is 0 Å². The van der Waals surface area contributed by atoms with Crippen molar-refractivity contribution in [3.8, 4) is 0 Å². The molecule has 1 aromatic heterocycles. The molecule has 2 aromatic rings. The molecule has 30 heavy (non-hydrogen) atoms. The van der Waals surface area contributed by atoms with Gasteiger partial charge in [-0.2, -0.15) is 0 Å². The number of nitrogens with one attached hydrogen (secondary N) is 1. The third-order valence-electron chi connectivity index (χ3n) is 5.60. The molecule has 0 spiro atoms. The van der Waals surface area contributed by atoms with Crippen molar-refractivity contribution in [2.45, 2.75) is 12.8 Å². The summed E-state index contributed by atoms with van der Waals surface area (Å²) in [6.45, 7) is 1.42. The summed E-state index contributed by atoms with van der Waals surface area (Å²) in [4.78, 5) is 56.2. The first-order valence-electron chi connectivity index (χ1n) is 9.96. The fraction of sp³-hybridized carbons (Fsp3) is 0.318. The topological polar surface area (TPSA) is 99.7 Å². The number of nitrogens with zero attached hydrogens (tertiary/aromatic N) is 3. The van der Waals surface area contributed by atoms with Crippen molar-refractivity contribution in [3.05, 3.63) is 65.5 Å². The van der Waals surface area contributed by atoms with Crippen molar-refractivity contribution in [3.63, 3.8) is 0 Å². The number of carbonyl (C=O) groups excluding carboxylic acids is 4. The van der Waals surface area contributed by atoms with E-state index in [1.165, 1.54) is 0 Å². The second kappa shape index (κ2) is 8.44. The number of benzene rings is 1. The Balaban J connectivity index is 1.24. The Kier molecular flexibility index (Phi) is 5.56. The fourth-order valence-corrected chi connectivity index (χ4v) is 3.86. The molecule has 1 saturated heterocycles. The maximum absolute atomic E-state index is 12.5. The highest BCUT2D eigenvalue weighted by Gasteiger charge is 2.36. The molecular formula is C22H22N4O4. The van der Waals surface area contributed by atoms with Crippen LogP contribution in [0, 0.1) is 5.92 Å². The van der Waals surface area contributed by atoms with Gasteiger partial charge in [0.25, 0.3) is 17.7 Å². The van der Waals surface area contributed by atoms with Crippen LogP contribution in [-0.4, -0.2) is 64.6 Å². The van der Waals surface area contributed by atoms with E-state index in [4.69, 9.17) is 0 Å². The number of imide groups is 1. The summed E-state index contributed by atoms with van der Waals surface area (Å²) in [5.41, 5.74) is 1.29. The Bertz CT molecular complexity index is 949. The van der Waals surface area contributed by atoms with E-state index in [1.807, 2.05) is 4.90 Å². The molecule has 2 aliphatic heterocycles. The highest BCUT2D eigenvalue weighted by atomic mass is 16.2. The van der Waals surface area contributed by atoms with Crippen LogP contribution in [0.5, 0.6) is 0 Å². The smallest absolute Gasteiger partial charge is 0.262 e. The van der Waals surface area contributed by atoms with Crippen LogP contribution in [0.4, 0.5) is 0 Å². The number of rotatable bonds is 5. The third-order valence-corrected chi connectivity index (χ3v) is 5.60. The molecule has 8 nitrogen and oxygen atoms in total. The number of pyridine rings is 1. The van der Waals surface area contributed by atoms with E-state index in [0.717, 1.165) is 17.7 Å². The second-order valence-electron chi connectivity index (χ2n) is 7.52. The SMILES string of the molecule is O=C(CN1C(=O)c2ccccc2C1=O)NCC1CCN(C(=O)c2ccncc2)CC1. The number of piperidine rings is 1. The number of aromatic nitrogens is 1. The van der Waals surface area contributed by atoms with Crippen LogP contribution in [0.2, 0.25) is 0 Å². The number of likely N-dealkylation sites (tertiary alicyclic amines) is 1. The minimum atomic E-state index is -0.436. The van der Waals surface area contributed by atoms with Gasteiger partial charge in [0.2, 0.25) is 5.91 Å². The average molecular weight is 406 g/mol. The number of hydrogen-bond acceptors (Lipinski definition) is 5. The molecule has 0 radical (unpaired) electrons. The predicted molar refractivity (Wildman–Crippen MR) is 108 cm³/mol. The van der Waals surface area contributed by atoms with Crippen LogP contribution in [0.25, 0.3) is 0 Å². The van der Waals surface area contributed by atoms with E-state index < -0.39 is 11.8 Å². The molecule has 1 fully saturated rings. The van der Waals surface area contributed by atoms with E-state index in [2.05, 4.69) is 10.3 Å². The van der Waals surface area contributed by atoms with Gasteiger partial charge in [0.1, 0.15) is 6.54 Å². The van der Waals surface area contributed by atoms with E-state index in [-0.39, 0.29) is 24.3 Å². The first-order valence-corrected chi connectivity index (χ1v) is 9.96. The molecule has 0 bridgehead atoms. The maximum Gasteiger partial charge on any atom is 0.262 e. The lowest BCUT2D eigenvalue weighted by atomic mass is 9.96. The van der Waals surface area contributed by atoms with Crippen LogP contribution in [-0.2, 0) is 4.79 Å². The Labute approximate surface area is 173 Å². The summed E-state index contributed by atoms with van der Waals surface area (Å²) < 4.78 is 0. The van der Waals surface area contributed by atoms with Crippen molar-refractivity contribution in [1.29, 1.82) is 0 Å². The molecule has 0 atom stereocenters. The molecule has 1 N–H and O–H groups in total. The Morgan fingerprint density at radius 2 is 1.57 bits per heavy atom. The summed E-state index contributed by atoms with van der Waals surface area (Å²) in [6.07, 6.45) is 4.77. The van der Waals surface area contributed by atoms with Gasteiger partial charge in [0.05, 0.1) is 11.1 Å². The van der Waals surface area contributed by atoms with E-state index in [0.29, 0.717) is 36.3 Å². The molecule has 1 aromatic carbocycles. The van der Waals surface area contributed by atoms with Crippen molar-refractivity contribution >= 4 is 23.6 Å². The van der Waals surface area contributed by atoms with Crippen LogP contribution in [0.1, 0.15) is 43.9 Å². The summed E-state index contributed by atoms with van der Waals surface area (Å²) in [5, 5.41) is 2.83. The molecule has 0 saturated carbocycles. The van der Waals surface area contributed by atoms with Gasteiger partial charge in [-0.15, -0.1) is 0 Å². The number of carbonyl (C=O) groups is 4. The third kappa shape index (κ3) is 3.94. The Morgan fingerprint density at radius 3 is 2.17 bits per heavy atom. The lowest BCUT2D eigenvalue weighted by Crippen LogP contribution is -2.44. The highest BCUT2D eigenvalue weighted by Crippen LogP contribution is 2.22. The molecule has 0 aliphatic carbocycles. The molecular weight excluding hydrogens is 384 g/mol. The minimum absolute atomic E-state index is 0.00879. The van der Waals surface area contributed by atoms with Crippen molar-refractivity contribution in [2.24, 2.45) is 5.92 Å². The zero-order chi connectivity index (χ0) is 21.1. The van der Waals surface area contributed by atoms with Crippen LogP contribution in [0.15, 0.2) is 48.8 Å². The summed E-state index contributed by atoms with van der Waals surface area (Å²) >= 11 is 0. The van der Waals surface area contributed by atoms with Gasteiger partial charge in [-0.3, -0.25) is 29.1 Å². The second-order valence-corrected chi connectivity index (χ2v) is 7.52. The zero-order valence-corrected chi connectivity index (χ0v) is 16.4. The molecule has 4 rings (SSSR count). The largest absolute Gasteiger partial charge is 0.354 e. The number of amides is 4. The predicted octanol–water partition coefficient (Wildman–Crippen LogP) is 1.35. The van der Waals surface area contributed by atoms with Crippen molar-refractivity contribution < 1.29 is 19.2 Å². The Morgan fingerprint density at radius 1 is 0.967 bits per heavy atom. The number of fused-ring (bicyclic) bond motifs is 1. The lowest BCUT2D eigenvalue weighted by molar-refractivity contribution is -0.121. The van der Waals surface area contributed by atoms with Gasteiger partial charge in [-0.25, -0.2) is 0 Å². The van der Waals surface area contributed by atoms with Gasteiger partial charge >= 0.3 is 0 Å². The number of hydrogen-bond donors (Lipinski definition) is 1. The van der Waals surface area contributed by atoms with Crippen LogP contribution < -0.4 is 5.32 Å². The quantitative estimate of drug-likeness (QED) is 0.756. The van der Waals surface area contributed by atoms with Gasteiger partial charge in [-0.1, -0.05) is 12.1 Å². The molecule has 3 heterocycles. The molecule has 2 aliphatic rings. The fourth-order valence-electron chi connectivity index (χ4n) is 3.86. The summed E-state index contributed by atoms with van der Waals surface area (Å²) in [6, 6.07) is 9.98. The van der Waals surface area contributed by atoms with Crippen molar-refractivity contribution in [2.75, 3.05) is 26.2 Å². The minimum Gasteiger partial charge on any atom is -0.354 e. The average Bonchev–Trinajstić information content (AvgIpc) is 3.03. The lowest BCUT2D eigenvalue weighted by Gasteiger charge is -2.32. The van der Waals surface area contributed by atoms with E-state index in [9.17, 15) is 19.2 Å². The maximum atomic E-state index is 12.5. The molecule has 8 heteroatoms. The molecule has 154 valence electrons. The zero-order valence-electron chi connectivity index (χ0n) is 16.4. The molecule has 4 amide bonds. The van der Waals surface area contributed by atoms with Gasteiger partial charge in [0, 0.05) is 37.6 Å². The van der Waals surface area contributed by atoms with Gasteiger partial charge in [-0.05, 0) is 43.0 Å². The van der Waals surface area contributed by atoms with Crippen LogP contribution in [0.3, 0.4) is 0 Å². The van der Waals surface area contributed by atoms with Crippen molar-refractivity contribution in [1.82, 2.24) is 20.1 Å². The van der Waals surface area contributed by atoms with Gasteiger partial charge in [0.15, 0.2) is 0 Å². The first kappa shape index (κ1) is 19.8. The van der Waals surface area contributed by atoms with Gasteiger partial charge < -0.3 is 10.2 Å². The highest BCUT2D eigenvalue weighted by molar-refractivity contribution is 6.22. The summed E-state index contributed by atoms with van der Waals surface area (Å²) in [7, 11) is 0. The normalized spacial score (nSPS) is 16.5. The van der Waals surface area contributed by atoms with E-state index in [1.54, 1.807) is 48.8 Å². The molecule has 0 unspecified atom stereocenters. The van der Waals surface area contributed by atoms with Crippen LogP contribution >= 0.6 is 0 Å². The monoisotopic (exact) mass is 406 g/mol. The first-order chi connectivity index (χ1) is 14.5.